The van der Waals surface area contributed by atoms with Crippen molar-refractivity contribution < 1.29 is 17.6 Å². The summed E-state index contributed by atoms with van der Waals surface area (Å²) >= 11 is 0. The molecule has 0 bridgehead atoms. The van der Waals surface area contributed by atoms with E-state index in [-0.39, 0.29) is 17.3 Å². The van der Waals surface area contributed by atoms with E-state index in [0.29, 0.717) is 6.54 Å². The van der Waals surface area contributed by atoms with Crippen LogP contribution in [0.25, 0.3) is 0 Å². The molecule has 21 heavy (non-hydrogen) atoms. The van der Waals surface area contributed by atoms with Gasteiger partial charge in [0.2, 0.25) is 0 Å². The standard InChI is InChI=1S/C14H13F4N3/c1-2-19-12-7-9(14(16,17)18)8-13(21-12)20-11-6-4-3-5-10(11)15/h3-8H,2H2,1H3,(H2,19,20,21). The number of halogens is 4. The van der Waals surface area contributed by atoms with Crippen LogP contribution < -0.4 is 10.6 Å². The van der Waals surface area contributed by atoms with Crippen LogP contribution in [0.2, 0.25) is 0 Å². The normalized spacial score (nSPS) is 11.3. The van der Waals surface area contributed by atoms with Gasteiger partial charge in [-0.1, -0.05) is 12.1 Å². The second-order valence-electron chi connectivity index (χ2n) is 4.26. The van der Waals surface area contributed by atoms with Crippen LogP contribution in [0.4, 0.5) is 34.9 Å². The summed E-state index contributed by atoms with van der Waals surface area (Å²) in [5.74, 6) is -0.571. The Balaban J connectivity index is 2.38. The van der Waals surface area contributed by atoms with E-state index in [9.17, 15) is 17.6 Å². The number of alkyl halides is 3. The van der Waals surface area contributed by atoms with Gasteiger partial charge in [-0.3, -0.25) is 0 Å². The quantitative estimate of drug-likeness (QED) is 0.821. The van der Waals surface area contributed by atoms with Gasteiger partial charge in [0.05, 0.1) is 11.3 Å². The van der Waals surface area contributed by atoms with Gasteiger partial charge in [-0.05, 0) is 31.2 Å². The van der Waals surface area contributed by atoms with Crippen LogP contribution in [0.5, 0.6) is 0 Å². The Bertz CT molecular complexity index is 626. The molecule has 0 atom stereocenters. The van der Waals surface area contributed by atoms with Crippen LogP contribution >= 0.6 is 0 Å². The van der Waals surface area contributed by atoms with Crippen LogP contribution in [0.3, 0.4) is 0 Å². The molecule has 0 fully saturated rings. The first-order valence-corrected chi connectivity index (χ1v) is 6.25. The Morgan fingerprint density at radius 2 is 1.76 bits per heavy atom. The third-order valence-corrected chi connectivity index (χ3v) is 2.65. The lowest BCUT2D eigenvalue weighted by Crippen LogP contribution is -2.09. The summed E-state index contributed by atoms with van der Waals surface area (Å²) in [7, 11) is 0. The minimum Gasteiger partial charge on any atom is -0.370 e. The monoisotopic (exact) mass is 299 g/mol. The first-order chi connectivity index (χ1) is 9.90. The number of nitrogens with zero attached hydrogens (tertiary/aromatic N) is 1. The van der Waals surface area contributed by atoms with Crippen molar-refractivity contribution in [3.63, 3.8) is 0 Å². The number of rotatable bonds is 4. The summed E-state index contributed by atoms with van der Waals surface area (Å²) in [4.78, 5) is 3.98. The van der Waals surface area contributed by atoms with Gasteiger partial charge in [0.25, 0.3) is 0 Å². The van der Waals surface area contributed by atoms with Crippen LogP contribution in [-0.4, -0.2) is 11.5 Å². The number of nitrogens with one attached hydrogen (secondary N) is 2. The maximum atomic E-state index is 13.5. The lowest BCUT2D eigenvalue weighted by molar-refractivity contribution is -0.137. The van der Waals surface area contributed by atoms with Gasteiger partial charge in [0, 0.05) is 6.54 Å². The average Bonchev–Trinajstić information content (AvgIpc) is 2.41. The van der Waals surface area contributed by atoms with Crippen LogP contribution in [0.15, 0.2) is 36.4 Å². The lowest BCUT2D eigenvalue weighted by Gasteiger charge is -2.13. The second-order valence-corrected chi connectivity index (χ2v) is 4.26. The van der Waals surface area contributed by atoms with Crippen molar-refractivity contribution in [3.05, 3.63) is 47.8 Å². The first kappa shape index (κ1) is 15.1. The molecule has 112 valence electrons. The van der Waals surface area contributed by atoms with Crippen molar-refractivity contribution in [2.24, 2.45) is 0 Å². The SMILES string of the molecule is CCNc1cc(C(F)(F)F)cc(Nc2ccccc2F)n1. The molecule has 2 aromatic rings. The van der Waals surface area contributed by atoms with Crippen molar-refractivity contribution >= 4 is 17.3 Å². The van der Waals surface area contributed by atoms with Crippen molar-refractivity contribution in [2.45, 2.75) is 13.1 Å². The van der Waals surface area contributed by atoms with E-state index in [1.165, 1.54) is 18.2 Å². The Hall–Kier alpha value is -2.31. The molecule has 3 nitrogen and oxygen atoms in total. The maximum Gasteiger partial charge on any atom is 0.416 e. The minimum absolute atomic E-state index is 0.0618. The molecule has 0 aliphatic rings. The molecule has 0 unspecified atom stereocenters. The highest BCUT2D eigenvalue weighted by molar-refractivity contribution is 5.60. The fourth-order valence-corrected chi connectivity index (χ4v) is 1.73. The number of hydrogen-bond acceptors (Lipinski definition) is 3. The molecule has 2 rings (SSSR count). The van der Waals surface area contributed by atoms with Crippen molar-refractivity contribution in [2.75, 3.05) is 17.2 Å². The first-order valence-electron chi connectivity index (χ1n) is 6.25. The Labute approximate surface area is 119 Å². The van der Waals surface area contributed by atoms with E-state index in [2.05, 4.69) is 15.6 Å². The summed E-state index contributed by atoms with van der Waals surface area (Å²) in [5.41, 5.74) is -0.793. The second kappa shape index (κ2) is 5.99. The van der Waals surface area contributed by atoms with E-state index < -0.39 is 17.6 Å². The van der Waals surface area contributed by atoms with Crippen molar-refractivity contribution in [1.29, 1.82) is 0 Å². The predicted molar refractivity (Wildman–Crippen MR) is 73.1 cm³/mol. The number of pyridine rings is 1. The number of anilines is 3. The Morgan fingerprint density at radius 1 is 1.10 bits per heavy atom. The fourth-order valence-electron chi connectivity index (χ4n) is 1.73. The van der Waals surface area contributed by atoms with Gasteiger partial charge in [0.1, 0.15) is 17.5 Å². The Morgan fingerprint density at radius 3 is 2.38 bits per heavy atom. The molecule has 0 radical (unpaired) electrons. The summed E-state index contributed by atoms with van der Waals surface area (Å²) in [5, 5.41) is 5.27. The van der Waals surface area contributed by atoms with Crippen LogP contribution in [0.1, 0.15) is 12.5 Å². The molecule has 1 heterocycles. The number of hydrogen-bond donors (Lipinski definition) is 2. The van der Waals surface area contributed by atoms with Crippen LogP contribution in [-0.2, 0) is 6.18 Å². The summed E-state index contributed by atoms with van der Waals surface area (Å²) < 4.78 is 52.1. The number of benzene rings is 1. The van der Waals surface area contributed by atoms with E-state index >= 15 is 0 Å². The molecule has 0 saturated carbocycles. The zero-order chi connectivity index (χ0) is 15.5. The molecular formula is C14H13F4N3. The molecule has 0 aliphatic heterocycles. The highest BCUT2D eigenvalue weighted by Crippen LogP contribution is 2.32. The zero-order valence-electron chi connectivity index (χ0n) is 11.1. The van der Waals surface area contributed by atoms with E-state index in [1.807, 2.05) is 0 Å². The summed E-state index contributed by atoms with van der Waals surface area (Å²) in [6.07, 6.45) is -4.50. The largest absolute Gasteiger partial charge is 0.416 e. The molecular weight excluding hydrogens is 286 g/mol. The maximum absolute atomic E-state index is 13.5. The van der Waals surface area contributed by atoms with E-state index in [4.69, 9.17) is 0 Å². The minimum atomic E-state index is -4.50. The van der Waals surface area contributed by atoms with Gasteiger partial charge >= 0.3 is 6.18 Å². The molecule has 2 N–H and O–H groups in total. The van der Waals surface area contributed by atoms with Crippen molar-refractivity contribution in [1.82, 2.24) is 4.98 Å². The highest BCUT2D eigenvalue weighted by atomic mass is 19.4. The lowest BCUT2D eigenvalue weighted by atomic mass is 10.2. The molecule has 0 aliphatic carbocycles. The number of para-hydroxylation sites is 1. The van der Waals surface area contributed by atoms with E-state index in [0.717, 1.165) is 12.1 Å². The molecule has 0 amide bonds. The Kier molecular flexibility index (Phi) is 4.30. The number of aromatic nitrogens is 1. The summed E-state index contributed by atoms with van der Waals surface area (Å²) in [6.45, 7) is 2.17. The third-order valence-electron chi connectivity index (χ3n) is 2.65. The molecule has 0 saturated heterocycles. The van der Waals surface area contributed by atoms with Gasteiger partial charge in [0.15, 0.2) is 0 Å². The average molecular weight is 299 g/mol. The molecule has 7 heteroatoms. The predicted octanol–water partition coefficient (Wildman–Crippen LogP) is 4.41. The highest BCUT2D eigenvalue weighted by Gasteiger charge is 2.31. The van der Waals surface area contributed by atoms with Gasteiger partial charge < -0.3 is 10.6 Å². The van der Waals surface area contributed by atoms with Gasteiger partial charge in [-0.2, -0.15) is 13.2 Å². The zero-order valence-corrected chi connectivity index (χ0v) is 11.1. The fraction of sp³-hybridized carbons (Fsp3) is 0.214. The van der Waals surface area contributed by atoms with E-state index in [1.54, 1.807) is 13.0 Å². The molecule has 1 aromatic carbocycles. The molecule has 1 aromatic heterocycles. The topological polar surface area (TPSA) is 37.0 Å². The van der Waals surface area contributed by atoms with Gasteiger partial charge in [-0.15, -0.1) is 0 Å². The van der Waals surface area contributed by atoms with Crippen molar-refractivity contribution in [3.8, 4) is 0 Å². The third kappa shape index (κ3) is 3.84. The van der Waals surface area contributed by atoms with Gasteiger partial charge in [-0.25, -0.2) is 9.37 Å². The molecule has 0 spiro atoms. The summed E-state index contributed by atoms with van der Waals surface area (Å²) in [6, 6.07) is 7.45. The van der Waals surface area contributed by atoms with Crippen LogP contribution in [0, 0.1) is 5.82 Å². The smallest absolute Gasteiger partial charge is 0.370 e.